The zero-order valence-corrected chi connectivity index (χ0v) is 14.3. The average Bonchev–Trinajstić information content (AvgIpc) is 3.15. The molecule has 1 aliphatic rings. The Bertz CT molecular complexity index is 538. The highest BCUT2D eigenvalue weighted by molar-refractivity contribution is 5.85. The van der Waals surface area contributed by atoms with Crippen molar-refractivity contribution in [3.05, 3.63) is 11.9 Å². The van der Waals surface area contributed by atoms with Gasteiger partial charge in [0.25, 0.3) is 0 Å². The van der Waals surface area contributed by atoms with Crippen LogP contribution in [0.15, 0.2) is 6.20 Å². The first kappa shape index (κ1) is 19.2. The fourth-order valence-electron chi connectivity index (χ4n) is 2.44. The summed E-state index contributed by atoms with van der Waals surface area (Å²) in [6, 6.07) is -0.118. The number of nitrogens with one attached hydrogen (secondary N) is 2. The van der Waals surface area contributed by atoms with Gasteiger partial charge in [-0.15, -0.1) is 17.5 Å². The minimum atomic E-state index is -0.423. The molecule has 0 unspecified atom stereocenters. The largest absolute Gasteiger partial charge is 0.453 e. The second kappa shape index (κ2) is 8.68. The quantitative estimate of drug-likeness (QED) is 0.774. The average molecular weight is 347 g/mol. The highest BCUT2D eigenvalue weighted by Crippen LogP contribution is 2.19. The fourth-order valence-corrected chi connectivity index (χ4v) is 2.44. The molecule has 130 valence electrons. The van der Waals surface area contributed by atoms with Gasteiger partial charge in [-0.05, 0) is 13.3 Å². The normalized spacial score (nSPS) is 19.8. The SMILES string of the molecule is CCNC(=O)[C@@H]1C[C@@H](n2cc(CN(C)C(=O)OC)nn2)CN1.Cl. The summed E-state index contributed by atoms with van der Waals surface area (Å²) in [7, 11) is 2.97. The van der Waals surface area contributed by atoms with E-state index in [1.165, 1.54) is 12.0 Å². The summed E-state index contributed by atoms with van der Waals surface area (Å²) in [4.78, 5) is 24.6. The van der Waals surface area contributed by atoms with Crippen LogP contribution in [0.5, 0.6) is 0 Å². The zero-order valence-electron chi connectivity index (χ0n) is 13.5. The minimum Gasteiger partial charge on any atom is -0.453 e. The maximum absolute atomic E-state index is 11.8. The van der Waals surface area contributed by atoms with Gasteiger partial charge in [0.2, 0.25) is 5.91 Å². The van der Waals surface area contributed by atoms with Crippen LogP contribution in [0, 0.1) is 0 Å². The van der Waals surface area contributed by atoms with Gasteiger partial charge in [-0.25, -0.2) is 9.48 Å². The number of carbonyl (C=O) groups is 2. The molecule has 1 saturated heterocycles. The summed E-state index contributed by atoms with van der Waals surface area (Å²) in [5.41, 5.74) is 0.675. The van der Waals surface area contributed by atoms with Crippen LogP contribution in [0.25, 0.3) is 0 Å². The number of halogens is 1. The Morgan fingerprint density at radius 3 is 2.96 bits per heavy atom. The first-order chi connectivity index (χ1) is 10.5. The molecule has 2 rings (SSSR count). The van der Waals surface area contributed by atoms with Crippen molar-refractivity contribution in [2.24, 2.45) is 0 Å². The van der Waals surface area contributed by atoms with Crippen LogP contribution < -0.4 is 10.6 Å². The molecule has 2 atom stereocenters. The van der Waals surface area contributed by atoms with Crippen LogP contribution in [0.4, 0.5) is 4.79 Å². The van der Waals surface area contributed by atoms with Gasteiger partial charge < -0.3 is 20.3 Å². The Morgan fingerprint density at radius 2 is 2.30 bits per heavy atom. The summed E-state index contributed by atoms with van der Waals surface area (Å²) >= 11 is 0. The monoisotopic (exact) mass is 346 g/mol. The number of hydrogen-bond donors (Lipinski definition) is 2. The number of likely N-dealkylation sites (N-methyl/N-ethyl adjacent to an activating group) is 1. The van der Waals surface area contributed by atoms with Gasteiger partial charge in [-0.3, -0.25) is 4.79 Å². The Labute approximate surface area is 141 Å². The molecule has 1 aliphatic heterocycles. The summed E-state index contributed by atoms with van der Waals surface area (Å²) < 4.78 is 6.37. The maximum Gasteiger partial charge on any atom is 0.409 e. The summed E-state index contributed by atoms with van der Waals surface area (Å²) in [6.45, 7) is 3.50. The van der Waals surface area contributed by atoms with E-state index in [4.69, 9.17) is 0 Å². The highest BCUT2D eigenvalue weighted by atomic mass is 35.5. The van der Waals surface area contributed by atoms with E-state index in [1.54, 1.807) is 17.9 Å². The molecule has 0 bridgehead atoms. The molecule has 9 nitrogen and oxygen atoms in total. The summed E-state index contributed by atoms with van der Waals surface area (Å²) in [5, 5.41) is 14.1. The van der Waals surface area contributed by atoms with Gasteiger partial charge in [0.15, 0.2) is 0 Å². The summed E-state index contributed by atoms with van der Waals surface area (Å²) in [5.74, 6) is 0.00997. The van der Waals surface area contributed by atoms with Gasteiger partial charge >= 0.3 is 6.09 Å². The molecule has 2 heterocycles. The van der Waals surface area contributed by atoms with E-state index in [1.807, 2.05) is 6.92 Å². The molecule has 0 radical (unpaired) electrons. The molecule has 0 spiro atoms. The predicted octanol–water partition coefficient (Wildman–Crippen LogP) is -0.0628. The molecule has 0 aromatic carbocycles. The van der Waals surface area contributed by atoms with Gasteiger partial charge in [0, 0.05) is 20.1 Å². The predicted molar refractivity (Wildman–Crippen MR) is 85.3 cm³/mol. The molecule has 0 saturated carbocycles. The van der Waals surface area contributed by atoms with Crippen molar-refractivity contribution in [2.45, 2.75) is 32.0 Å². The van der Waals surface area contributed by atoms with Crippen molar-refractivity contribution < 1.29 is 14.3 Å². The Morgan fingerprint density at radius 1 is 1.57 bits per heavy atom. The fraction of sp³-hybridized carbons (Fsp3) is 0.692. The van der Waals surface area contributed by atoms with Crippen molar-refractivity contribution in [3.8, 4) is 0 Å². The first-order valence-corrected chi connectivity index (χ1v) is 7.26. The van der Waals surface area contributed by atoms with Gasteiger partial charge in [-0.2, -0.15) is 0 Å². The number of aromatic nitrogens is 3. The molecule has 0 aliphatic carbocycles. The van der Waals surface area contributed by atoms with Crippen LogP contribution in [0.3, 0.4) is 0 Å². The second-order valence-corrected chi connectivity index (χ2v) is 5.26. The molecular weight excluding hydrogens is 324 g/mol. The highest BCUT2D eigenvalue weighted by Gasteiger charge is 2.30. The number of nitrogens with zero attached hydrogens (tertiary/aromatic N) is 4. The number of methoxy groups -OCH3 is 1. The Balaban J connectivity index is 0.00000264. The van der Waals surface area contributed by atoms with E-state index in [0.717, 1.165) is 0 Å². The lowest BCUT2D eigenvalue weighted by molar-refractivity contribution is -0.122. The van der Waals surface area contributed by atoms with E-state index in [9.17, 15) is 9.59 Å². The molecule has 1 aromatic heterocycles. The standard InChI is InChI=1S/C13H22N6O3.ClH/c1-4-14-12(20)11-5-10(6-15-11)19-8-9(16-17-19)7-18(2)13(21)22-3;/h8,10-11,15H,4-7H2,1-3H3,(H,14,20);1H/t10-,11+;/m1./s1. The van der Waals surface area contributed by atoms with E-state index < -0.39 is 6.09 Å². The van der Waals surface area contributed by atoms with Crippen molar-refractivity contribution in [1.29, 1.82) is 0 Å². The third-order valence-corrected chi connectivity index (χ3v) is 3.59. The van der Waals surface area contributed by atoms with E-state index in [0.29, 0.717) is 31.7 Å². The van der Waals surface area contributed by atoms with Crippen LogP contribution in [0.2, 0.25) is 0 Å². The molecule has 1 fully saturated rings. The van der Waals surface area contributed by atoms with Gasteiger partial charge in [-0.1, -0.05) is 5.21 Å². The van der Waals surface area contributed by atoms with E-state index in [-0.39, 0.29) is 30.4 Å². The lowest BCUT2D eigenvalue weighted by Crippen LogP contribution is -2.40. The van der Waals surface area contributed by atoms with Crippen LogP contribution in [-0.4, -0.2) is 65.2 Å². The number of rotatable bonds is 5. The lowest BCUT2D eigenvalue weighted by Gasteiger charge is -2.13. The van der Waals surface area contributed by atoms with Crippen LogP contribution in [-0.2, 0) is 16.1 Å². The van der Waals surface area contributed by atoms with Crippen LogP contribution >= 0.6 is 12.4 Å². The molecule has 2 amide bonds. The first-order valence-electron chi connectivity index (χ1n) is 7.26. The summed E-state index contributed by atoms with van der Waals surface area (Å²) in [6.07, 6.45) is 2.04. The number of carbonyl (C=O) groups excluding carboxylic acids is 2. The van der Waals surface area contributed by atoms with Crippen molar-refractivity contribution in [3.63, 3.8) is 0 Å². The Kier molecular flexibility index (Phi) is 7.24. The third kappa shape index (κ3) is 4.80. The van der Waals surface area contributed by atoms with Gasteiger partial charge in [0.1, 0.15) is 5.69 Å². The van der Waals surface area contributed by atoms with Crippen molar-refractivity contribution in [2.75, 3.05) is 27.2 Å². The molecule has 10 heteroatoms. The van der Waals surface area contributed by atoms with E-state index >= 15 is 0 Å². The van der Waals surface area contributed by atoms with E-state index in [2.05, 4.69) is 25.7 Å². The maximum atomic E-state index is 11.8. The van der Waals surface area contributed by atoms with Crippen molar-refractivity contribution >= 4 is 24.4 Å². The second-order valence-electron chi connectivity index (χ2n) is 5.26. The molecule has 2 N–H and O–H groups in total. The van der Waals surface area contributed by atoms with Crippen molar-refractivity contribution in [1.82, 2.24) is 30.5 Å². The zero-order chi connectivity index (χ0) is 16.1. The third-order valence-electron chi connectivity index (χ3n) is 3.59. The van der Waals surface area contributed by atoms with Gasteiger partial charge in [0.05, 0.1) is 31.9 Å². The molecule has 1 aromatic rings. The number of ether oxygens (including phenoxy) is 1. The number of hydrogen-bond acceptors (Lipinski definition) is 6. The Hall–Kier alpha value is -1.87. The molecule has 23 heavy (non-hydrogen) atoms. The molecular formula is C13H23ClN6O3. The minimum absolute atomic E-state index is 0. The topological polar surface area (TPSA) is 101 Å². The van der Waals surface area contributed by atoms with Crippen LogP contribution in [0.1, 0.15) is 25.1 Å². The lowest BCUT2D eigenvalue weighted by atomic mass is 10.1. The smallest absolute Gasteiger partial charge is 0.409 e. The number of amides is 2.